The molecule has 2 aliphatic rings. The summed E-state index contributed by atoms with van der Waals surface area (Å²) in [6.07, 6.45) is 6.62. The van der Waals surface area contributed by atoms with Crippen molar-refractivity contribution in [1.82, 2.24) is 20.5 Å². The molecule has 2 aromatic carbocycles. The Morgan fingerprint density at radius 3 is 2.38 bits per heavy atom. The lowest BCUT2D eigenvalue weighted by Gasteiger charge is -2.39. The van der Waals surface area contributed by atoms with Crippen LogP contribution in [-0.4, -0.2) is 40.5 Å². The zero-order chi connectivity index (χ0) is 22.5. The van der Waals surface area contributed by atoms with E-state index in [2.05, 4.69) is 57.8 Å². The number of hydrogen-bond donors (Lipinski definition) is 2. The minimum Gasteiger partial charge on any atom is -0.444 e. The largest absolute Gasteiger partial charge is 0.444 e. The predicted octanol–water partition coefficient (Wildman–Crippen LogP) is 5.21. The Morgan fingerprint density at radius 2 is 1.71 bits per heavy atom. The van der Waals surface area contributed by atoms with E-state index >= 15 is 0 Å². The van der Waals surface area contributed by atoms with Crippen molar-refractivity contribution >= 4 is 29.9 Å². The van der Waals surface area contributed by atoms with E-state index in [1.54, 1.807) is 6.26 Å². The average Bonchev–Trinajstić information content (AvgIpc) is 3.41. The van der Waals surface area contributed by atoms with Gasteiger partial charge in [0.05, 0.1) is 6.54 Å². The van der Waals surface area contributed by atoms with Gasteiger partial charge in [0.1, 0.15) is 12.0 Å². The second kappa shape index (κ2) is 11.8. The molecule has 0 amide bonds. The van der Waals surface area contributed by atoms with Crippen LogP contribution in [0.15, 0.2) is 76.3 Å². The van der Waals surface area contributed by atoms with Gasteiger partial charge in [-0.25, -0.2) is 9.98 Å². The van der Waals surface area contributed by atoms with E-state index in [0.717, 1.165) is 43.1 Å². The van der Waals surface area contributed by atoms with Gasteiger partial charge >= 0.3 is 0 Å². The van der Waals surface area contributed by atoms with E-state index in [1.165, 1.54) is 18.4 Å². The smallest absolute Gasteiger partial charge is 0.226 e. The molecule has 2 atom stereocenters. The molecule has 1 aromatic heterocycles. The van der Waals surface area contributed by atoms with Gasteiger partial charge in [0.15, 0.2) is 5.96 Å². The molecule has 2 aliphatic heterocycles. The Balaban J connectivity index is 0.00000274. The second-order valence-electron chi connectivity index (χ2n) is 9.06. The summed E-state index contributed by atoms with van der Waals surface area (Å²) in [5.41, 5.74) is 3.23. The van der Waals surface area contributed by atoms with Crippen LogP contribution in [0.5, 0.6) is 0 Å². The third-order valence-electron chi connectivity index (χ3n) is 6.75. The summed E-state index contributed by atoms with van der Waals surface area (Å²) in [7, 11) is 0. The van der Waals surface area contributed by atoms with E-state index in [4.69, 9.17) is 9.41 Å². The summed E-state index contributed by atoms with van der Waals surface area (Å²) in [4.78, 5) is 12.1. The Morgan fingerprint density at radius 1 is 1.03 bits per heavy atom. The Bertz CT molecular complexity index is 1040. The maximum Gasteiger partial charge on any atom is 0.226 e. The summed E-state index contributed by atoms with van der Waals surface area (Å²) in [5, 5.41) is 7.11. The van der Waals surface area contributed by atoms with E-state index in [1.807, 2.05) is 30.3 Å². The number of oxazole rings is 1. The number of nitrogens with zero attached hydrogens (tertiary/aromatic N) is 3. The maximum atomic E-state index is 5.66. The van der Waals surface area contributed by atoms with Gasteiger partial charge in [-0.05, 0) is 50.3 Å². The minimum atomic E-state index is 0. The van der Waals surface area contributed by atoms with Crippen LogP contribution in [0.3, 0.4) is 0 Å². The Hall–Kier alpha value is -2.39. The lowest BCUT2D eigenvalue weighted by atomic mass is 9.96. The number of aromatic nitrogens is 1. The zero-order valence-electron chi connectivity index (χ0n) is 19.7. The van der Waals surface area contributed by atoms with E-state index in [-0.39, 0.29) is 24.0 Å². The van der Waals surface area contributed by atoms with Gasteiger partial charge in [0.25, 0.3) is 0 Å². The first-order valence-electron chi connectivity index (χ1n) is 12.1. The number of aliphatic imine (C=N–C) groups is 1. The topological polar surface area (TPSA) is 65.7 Å². The number of hydrogen-bond acceptors (Lipinski definition) is 4. The highest BCUT2D eigenvalue weighted by Crippen LogP contribution is 2.36. The number of benzene rings is 2. The number of fused-ring (bicyclic) bond motifs is 2. The predicted molar refractivity (Wildman–Crippen MR) is 147 cm³/mol. The summed E-state index contributed by atoms with van der Waals surface area (Å²) >= 11 is 0. The standard InChI is InChI=1S/C27H33N5O.HI/c1-2-28-27(29-17-23-19-33-26(30-23)21-11-7-4-8-12-21)31-22-15-24-13-14-25(16-22)32(24)18-20-9-5-3-6-10-20;/h3-12,19,22,24-25H,2,13-18H2,1H3,(H2,28,29,31);1H. The molecule has 0 radical (unpaired) electrons. The number of rotatable bonds is 7. The average molecular weight is 572 g/mol. The van der Waals surface area contributed by atoms with Crippen molar-refractivity contribution in [3.63, 3.8) is 0 Å². The van der Waals surface area contributed by atoms with Crippen molar-refractivity contribution in [3.05, 3.63) is 78.2 Å². The quantitative estimate of drug-likeness (QED) is 0.232. The molecular weight excluding hydrogens is 537 g/mol. The molecule has 0 saturated carbocycles. The normalized spacial score (nSPS) is 22.3. The molecule has 2 unspecified atom stereocenters. The van der Waals surface area contributed by atoms with Crippen LogP contribution in [0, 0.1) is 0 Å². The molecule has 7 heteroatoms. The molecule has 0 aliphatic carbocycles. The van der Waals surface area contributed by atoms with Gasteiger partial charge in [-0.2, -0.15) is 0 Å². The highest BCUT2D eigenvalue weighted by molar-refractivity contribution is 14.0. The van der Waals surface area contributed by atoms with Gasteiger partial charge in [0.2, 0.25) is 5.89 Å². The molecule has 34 heavy (non-hydrogen) atoms. The molecule has 5 rings (SSSR count). The number of guanidine groups is 1. The highest BCUT2D eigenvalue weighted by atomic mass is 127. The van der Waals surface area contributed by atoms with Crippen molar-refractivity contribution in [2.45, 2.75) is 63.8 Å². The lowest BCUT2D eigenvalue weighted by molar-refractivity contribution is 0.114. The molecular formula is C27H34IN5O. The maximum absolute atomic E-state index is 5.66. The summed E-state index contributed by atoms with van der Waals surface area (Å²) in [6, 6.07) is 22.6. The fraction of sp³-hybridized carbons (Fsp3) is 0.407. The van der Waals surface area contributed by atoms with E-state index in [0.29, 0.717) is 30.6 Å². The van der Waals surface area contributed by atoms with Gasteiger partial charge in [0, 0.05) is 36.8 Å². The van der Waals surface area contributed by atoms with Gasteiger partial charge in [-0.3, -0.25) is 4.90 Å². The molecule has 3 heterocycles. The number of halogens is 1. The fourth-order valence-electron chi connectivity index (χ4n) is 5.21. The number of piperidine rings is 1. The third kappa shape index (κ3) is 5.99. The SMILES string of the molecule is CCNC(=NCc1coc(-c2ccccc2)n1)NC1CC2CCC(C1)N2Cc1ccccc1.I. The minimum absolute atomic E-state index is 0. The van der Waals surface area contributed by atoms with Crippen LogP contribution in [0.1, 0.15) is 43.9 Å². The Labute approximate surface area is 219 Å². The monoisotopic (exact) mass is 571 g/mol. The summed E-state index contributed by atoms with van der Waals surface area (Å²) in [5.74, 6) is 1.50. The first-order valence-corrected chi connectivity index (χ1v) is 12.1. The van der Waals surface area contributed by atoms with Crippen LogP contribution in [0.25, 0.3) is 11.5 Å². The van der Waals surface area contributed by atoms with Crippen LogP contribution < -0.4 is 10.6 Å². The molecule has 3 aromatic rings. The third-order valence-corrected chi connectivity index (χ3v) is 6.75. The van der Waals surface area contributed by atoms with Crippen molar-refractivity contribution in [1.29, 1.82) is 0 Å². The van der Waals surface area contributed by atoms with Crippen molar-refractivity contribution in [2.75, 3.05) is 6.54 Å². The second-order valence-corrected chi connectivity index (χ2v) is 9.06. The molecule has 6 nitrogen and oxygen atoms in total. The summed E-state index contributed by atoms with van der Waals surface area (Å²) in [6.45, 7) is 4.49. The first kappa shape index (κ1) is 24.7. The molecule has 2 fully saturated rings. The zero-order valence-corrected chi connectivity index (χ0v) is 22.0. The molecule has 180 valence electrons. The fourth-order valence-corrected chi connectivity index (χ4v) is 5.21. The van der Waals surface area contributed by atoms with E-state index < -0.39 is 0 Å². The van der Waals surface area contributed by atoms with Gasteiger partial charge < -0.3 is 15.1 Å². The molecule has 2 N–H and O–H groups in total. The summed E-state index contributed by atoms with van der Waals surface area (Å²) < 4.78 is 5.66. The van der Waals surface area contributed by atoms with Gasteiger partial charge in [-0.15, -0.1) is 24.0 Å². The highest BCUT2D eigenvalue weighted by Gasteiger charge is 2.40. The molecule has 0 spiro atoms. The number of nitrogens with one attached hydrogen (secondary N) is 2. The molecule has 2 bridgehead atoms. The van der Waals surface area contributed by atoms with Crippen LogP contribution in [-0.2, 0) is 13.1 Å². The van der Waals surface area contributed by atoms with Crippen LogP contribution in [0.4, 0.5) is 0 Å². The lowest BCUT2D eigenvalue weighted by Crippen LogP contribution is -2.52. The Kier molecular flexibility index (Phi) is 8.61. The van der Waals surface area contributed by atoms with Gasteiger partial charge in [-0.1, -0.05) is 48.5 Å². The van der Waals surface area contributed by atoms with Crippen LogP contribution in [0.2, 0.25) is 0 Å². The van der Waals surface area contributed by atoms with E-state index in [9.17, 15) is 0 Å². The van der Waals surface area contributed by atoms with Crippen molar-refractivity contribution in [3.8, 4) is 11.5 Å². The first-order chi connectivity index (χ1) is 16.3. The van der Waals surface area contributed by atoms with Crippen molar-refractivity contribution < 1.29 is 4.42 Å². The van der Waals surface area contributed by atoms with Crippen LogP contribution >= 0.6 is 24.0 Å². The molecule has 2 saturated heterocycles. The van der Waals surface area contributed by atoms with Crippen molar-refractivity contribution in [2.24, 2.45) is 4.99 Å².